The van der Waals surface area contributed by atoms with E-state index in [1.807, 2.05) is 30.3 Å². The van der Waals surface area contributed by atoms with Crippen LogP contribution >= 0.6 is 0 Å². The molecule has 0 aliphatic carbocycles. The molecular formula is C24H19N3O4. The van der Waals surface area contributed by atoms with Gasteiger partial charge in [-0.05, 0) is 53.6 Å². The molecule has 0 atom stereocenters. The number of amides is 4. The highest BCUT2D eigenvalue weighted by atomic mass is 16.3. The molecule has 4 rings (SSSR count). The second kappa shape index (κ2) is 8.54. The number of imide groups is 1. The fourth-order valence-electron chi connectivity index (χ4n) is 3.15. The first kappa shape index (κ1) is 19.9. The van der Waals surface area contributed by atoms with E-state index in [2.05, 4.69) is 10.6 Å². The van der Waals surface area contributed by atoms with Gasteiger partial charge < -0.3 is 15.7 Å². The summed E-state index contributed by atoms with van der Waals surface area (Å²) in [5.74, 6) is -0.640. The second-order valence-corrected chi connectivity index (χ2v) is 6.94. The lowest BCUT2D eigenvalue weighted by Gasteiger charge is -2.12. The van der Waals surface area contributed by atoms with Crippen LogP contribution in [0.5, 0.6) is 5.75 Å². The van der Waals surface area contributed by atoms with Crippen LogP contribution in [0.3, 0.4) is 0 Å². The van der Waals surface area contributed by atoms with Crippen molar-refractivity contribution in [2.45, 2.75) is 6.54 Å². The number of anilines is 1. The maximum atomic E-state index is 12.7. The minimum atomic E-state index is -0.573. The Balaban J connectivity index is 1.45. The third kappa shape index (κ3) is 4.45. The van der Waals surface area contributed by atoms with E-state index in [1.165, 1.54) is 18.2 Å². The van der Waals surface area contributed by atoms with E-state index in [0.717, 1.165) is 10.5 Å². The summed E-state index contributed by atoms with van der Waals surface area (Å²) in [7, 11) is 0. The van der Waals surface area contributed by atoms with E-state index in [-0.39, 0.29) is 17.4 Å². The normalized spacial score (nSPS) is 14.6. The minimum Gasteiger partial charge on any atom is -0.508 e. The molecule has 0 saturated carbocycles. The van der Waals surface area contributed by atoms with Gasteiger partial charge in [0.25, 0.3) is 11.8 Å². The van der Waals surface area contributed by atoms with Crippen LogP contribution in [0.4, 0.5) is 10.5 Å². The lowest BCUT2D eigenvalue weighted by atomic mass is 10.1. The maximum Gasteiger partial charge on any atom is 0.333 e. The highest BCUT2D eigenvalue weighted by Gasteiger charge is 2.34. The number of benzene rings is 3. The first-order chi connectivity index (χ1) is 15.0. The number of carbonyl (C=O) groups excluding carboxylic acids is 3. The monoisotopic (exact) mass is 413 g/mol. The molecular weight excluding hydrogens is 394 g/mol. The smallest absolute Gasteiger partial charge is 0.333 e. The summed E-state index contributed by atoms with van der Waals surface area (Å²) < 4.78 is 0. The van der Waals surface area contributed by atoms with E-state index in [9.17, 15) is 19.5 Å². The lowest BCUT2D eigenvalue weighted by molar-refractivity contribution is -0.113. The van der Waals surface area contributed by atoms with E-state index in [0.29, 0.717) is 23.4 Å². The van der Waals surface area contributed by atoms with Gasteiger partial charge in [0.05, 0.1) is 5.69 Å². The highest BCUT2D eigenvalue weighted by Crippen LogP contribution is 2.23. The Labute approximate surface area is 178 Å². The summed E-state index contributed by atoms with van der Waals surface area (Å²) in [6.07, 6.45) is 1.53. The maximum absolute atomic E-state index is 12.7. The van der Waals surface area contributed by atoms with E-state index in [4.69, 9.17) is 0 Å². The molecule has 3 aromatic rings. The van der Waals surface area contributed by atoms with Gasteiger partial charge in [0.2, 0.25) is 0 Å². The number of rotatable bonds is 5. The third-order valence-corrected chi connectivity index (χ3v) is 4.77. The minimum absolute atomic E-state index is 0.110. The van der Waals surface area contributed by atoms with Crippen LogP contribution in [-0.4, -0.2) is 23.0 Å². The van der Waals surface area contributed by atoms with Gasteiger partial charge in [-0.3, -0.25) is 9.59 Å². The summed E-state index contributed by atoms with van der Waals surface area (Å²) in [6, 6.07) is 21.5. The zero-order chi connectivity index (χ0) is 21.8. The summed E-state index contributed by atoms with van der Waals surface area (Å²) >= 11 is 0. The zero-order valence-electron chi connectivity index (χ0n) is 16.4. The number of nitrogens with zero attached hydrogens (tertiary/aromatic N) is 1. The second-order valence-electron chi connectivity index (χ2n) is 6.94. The van der Waals surface area contributed by atoms with Crippen LogP contribution in [0.2, 0.25) is 0 Å². The predicted octanol–water partition coefficient (Wildman–Crippen LogP) is 3.42. The van der Waals surface area contributed by atoms with Crippen LogP contribution in [0, 0.1) is 0 Å². The zero-order valence-corrected chi connectivity index (χ0v) is 16.4. The van der Waals surface area contributed by atoms with Crippen LogP contribution in [-0.2, 0) is 11.3 Å². The van der Waals surface area contributed by atoms with Crippen molar-refractivity contribution in [2.75, 3.05) is 4.90 Å². The SMILES string of the molecule is O=C(NCc1ccccc1)c1ccc(N2C(=O)N/C(=C\c3ccc(O)cc3)C2=O)cc1. The molecule has 154 valence electrons. The highest BCUT2D eigenvalue weighted by molar-refractivity contribution is 6.28. The van der Waals surface area contributed by atoms with Gasteiger partial charge in [-0.1, -0.05) is 42.5 Å². The number of hydrogen-bond acceptors (Lipinski definition) is 4. The van der Waals surface area contributed by atoms with Crippen molar-refractivity contribution in [1.82, 2.24) is 10.6 Å². The van der Waals surface area contributed by atoms with Crippen molar-refractivity contribution < 1.29 is 19.5 Å². The van der Waals surface area contributed by atoms with Gasteiger partial charge in [-0.25, -0.2) is 9.69 Å². The Hall–Kier alpha value is -4.39. The van der Waals surface area contributed by atoms with Crippen molar-refractivity contribution in [1.29, 1.82) is 0 Å². The molecule has 1 heterocycles. The molecule has 3 N–H and O–H groups in total. The number of phenols is 1. The first-order valence-electron chi connectivity index (χ1n) is 9.59. The van der Waals surface area contributed by atoms with E-state index in [1.54, 1.807) is 36.4 Å². The summed E-state index contributed by atoms with van der Waals surface area (Å²) in [5, 5.41) is 14.7. The Kier molecular flexibility index (Phi) is 5.49. The molecule has 1 saturated heterocycles. The van der Waals surface area contributed by atoms with Crippen molar-refractivity contribution in [3.8, 4) is 5.75 Å². The average Bonchev–Trinajstić information content (AvgIpc) is 3.07. The molecule has 31 heavy (non-hydrogen) atoms. The van der Waals surface area contributed by atoms with E-state index >= 15 is 0 Å². The number of hydrogen-bond donors (Lipinski definition) is 3. The average molecular weight is 413 g/mol. The van der Waals surface area contributed by atoms with Crippen molar-refractivity contribution in [2.24, 2.45) is 0 Å². The number of phenolic OH excluding ortho intramolecular Hbond substituents is 1. The van der Waals surface area contributed by atoms with Crippen molar-refractivity contribution >= 4 is 29.6 Å². The fourth-order valence-corrected chi connectivity index (χ4v) is 3.15. The molecule has 0 unspecified atom stereocenters. The summed E-state index contributed by atoms with van der Waals surface area (Å²) in [4.78, 5) is 38.4. The molecule has 0 aromatic heterocycles. The van der Waals surface area contributed by atoms with Gasteiger partial charge in [0.15, 0.2) is 0 Å². The van der Waals surface area contributed by atoms with Gasteiger partial charge in [-0.2, -0.15) is 0 Å². The number of urea groups is 1. The van der Waals surface area contributed by atoms with Gasteiger partial charge in [0.1, 0.15) is 11.4 Å². The molecule has 3 aromatic carbocycles. The van der Waals surface area contributed by atoms with Crippen LogP contribution in [0.15, 0.2) is 84.6 Å². The molecule has 0 bridgehead atoms. The molecule has 4 amide bonds. The van der Waals surface area contributed by atoms with Crippen molar-refractivity contribution in [3.63, 3.8) is 0 Å². The topological polar surface area (TPSA) is 98.7 Å². The summed E-state index contributed by atoms with van der Waals surface area (Å²) in [6.45, 7) is 0.403. The molecule has 1 aliphatic heterocycles. The molecule has 1 fully saturated rings. The summed E-state index contributed by atoms with van der Waals surface area (Å²) in [5.41, 5.74) is 2.55. The molecule has 1 aliphatic rings. The van der Waals surface area contributed by atoms with Crippen LogP contribution in [0.1, 0.15) is 21.5 Å². The lowest BCUT2D eigenvalue weighted by Crippen LogP contribution is -2.30. The standard InChI is InChI=1S/C24H19N3O4/c28-20-12-6-16(7-13-20)14-21-23(30)27(24(31)26-21)19-10-8-18(9-11-19)22(29)25-15-17-4-2-1-3-5-17/h1-14,28H,15H2,(H,25,29)(H,26,31)/b21-14-. The van der Waals surface area contributed by atoms with Gasteiger partial charge in [0, 0.05) is 12.1 Å². The molecule has 0 radical (unpaired) electrons. The quantitative estimate of drug-likeness (QED) is 0.441. The Morgan fingerprint density at radius 3 is 2.29 bits per heavy atom. The molecule has 7 heteroatoms. The fraction of sp³-hybridized carbons (Fsp3) is 0.0417. The molecule has 7 nitrogen and oxygen atoms in total. The third-order valence-electron chi connectivity index (χ3n) is 4.77. The first-order valence-corrected chi connectivity index (χ1v) is 9.59. The van der Waals surface area contributed by atoms with Gasteiger partial charge in [-0.15, -0.1) is 0 Å². The predicted molar refractivity (Wildman–Crippen MR) is 116 cm³/mol. The number of aromatic hydroxyl groups is 1. The largest absolute Gasteiger partial charge is 0.508 e. The number of nitrogens with one attached hydrogen (secondary N) is 2. The van der Waals surface area contributed by atoms with Gasteiger partial charge >= 0.3 is 6.03 Å². The number of carbonyl (C=O) groups is 3. The van der Waals surface area contributed by atoms with E-state index < -0.39 is 11.9 Å². The Morgan fingerprint density at radius 2 is 1.61 bits per heavy atom. The van der Waals surface area contributed by atoms with Crippen LogP contribution in [0.25, 0.3) is 6.08 Å². The Bertz CT molecular complexity index is 1150. The molecule has 0 spiro atoms. The van der Waals surface area contributed by atoms with Crippen LogP contribution < -0.4 is 15.5 Å². The Morgan fingerprint density at radius 1 is 0.935 bits per heavy atom. The van der Waals surface area contributed by atoms with Crippen molar-refractivity contribution in [3.05, 3.63) is 101 Å².